The highest BCUT2D eigenvalue weighted by Gasteiger charge is 2.61. The fourth-order valence-corrected chi connectivity index (χ4v) is 4.29. The molecule has 2 aliphatic rings. The molecule has 6 heteroatoms. The molecular weight excluding hydrogens is 362 g/mol. The van der Waals surface area contributed by atoms with Gasteiger partial charge in [0.2, 0.25) is 5.91 Å². The van der Waals surface area contributed by atoms with Gasteiger partial charge in [-0.05, 0) is 43.2 Å². The molecule has 1 saturated heterocycles. The molecule has 2 amide bonds. The average Bonchev–Trinajstić information content (AvgIpc) is 3.20. The van der Waals surface area contributed by atoms with Crippen molar-refractivity contribution in [2.75, 3.05) is 20.1 Å². The van der Waals surface area contributed by atoms with Crippen LogP contribution >= 0.6 is 11.6 Å². The van der Waals surface area contributed by atoms with Crippen molar-refractivity contribution in [2.45, 2.75) is 19.4 Å². The maximum atomic E-state index is 12.8. The number of halogens is 1. The van der Waals surface area contributed by atoms with E-state index in [2.05, 4.69) is 4.98 Å². The summed E-state index contributed by atoms with van der Waals surface area (Å²) in [5.74, 6) is 0.149. The van der Waals surface area contributed by atoms with Crippen molar-refractivity contribution in [3.63, 3.8) is 0 Å². The van der Waals surface area contributed by atoms with Crippen LogP contribution in [-0.2, 0) is 11.3 Å². The molecule has 1 spiro atoms. The molecule has 5 nitrogen and oxygen atoms in total. The molecule has 140 valence electrons. The second-order valence-electron chi connectivity index (χ2n) is 7.62. The van der Waals surface area contributed by atoms with E-state index in [9.17, 15) is 9.59 Å². The number of pyridine rings is 1. The first-order valence-electron chi connectivity index (χ1n) is 9.18. The molecule has 4 rings (SSSR count). The topological polar surface area (TPSA) is 53.5 Å². The fraction of sp³-hybridized carbons (Fsp3) is 0.381. The Morgan fingerprint density at radius 3 is 2.89 bits per heavy atom. The van der Waals surface area contributed by atoms with Gasteiger partial charge in [-0.15, -0.1) is 0 Å². The Bertz CT molecular complexity index is 873. The Hall–Kier alpha value is -2.40. The first-order valence-corrected chi connectivity index (χ1v) is 9.56. The van der Waals surface area contributed by atoms with Gasteiger partial charge in [-0.2, -0.15) is 0 Å². The minimum absolute atomic E-state index is 0.00312. The van der Waals surface area contributed by atoms with Gasteiger partial charge < -0.3 is 9.80 Å². The summed E-state index contributed by atoms with van der Waals surface area (Å²) >= 11 is 6.00. The smallest absolute Gasteiger partial charge is 0.253 e. The van der Waals surface area contributed by atoms with Crippen molar-refractivity contribution in [1.29, 1.82) is 0 Å². The number of amides is 2. The maximum Gasteiger partial charge on any atom is 0.253 e. The summed E-state index contributed by atoms with van der Waals surface area (Å²) in [7, 11) is 1.83. The number of hydrogen-bond donors (Lipinski definition) is 0. The highest BCUT2D eigenvalue weighted by atomic mass is 35.5. The molecule has 1 aliphatic heterocycles. The summed E-state index contributed by atoms with van der Waals surface area (Å²) < 4.78 is 0. The first-order chi connectivity index (χ1) is 13.0. The number of rotatable bonds is 4. The van der Waals surface area contributed by atoms with E-state index in [0.717, 1.165) is 18.5 Å². The second kappa shape index (κ2) is 6.97. The van der Waals surface area contributed by atoms with Crippen molar-refractivity contribution in [3.8, 4) is 0 Å². The molecule has 2 fully saturated rings. The van der Waals surface area contributed by atoms with Crippen molar-refractivity contribution < 1.29 is 9.59 Å². The van der Waals surface area contributed by atoms with Gasteiger partial charge in [0.25, 0.3) is 5.91 Å². The van der Waals surface area contributed by atoms with Crippen LogP contribution in [0, 0.1) is 11.3 Å². The van der Waals surface area contributed by atoms with E-state index >= 15 is 0 Å². The monoisotopic (exact) mass is 383 g/mol. The number of carbonyl (C=O) groups excluding carboxylic acids is 2. The summed E-state index contributed by atoms with van der Waals surface area (Å²) in [5, 5.41) is 0.561. The lowest BCUT2D eigenvalue weighted by molar-refractivity contribution is -0.132. The largest absolute Gasteiger partial charge is 0.340 e. The van der Waals surface area contributed by atoms with Crippen molar-refractivity contribution in [3.05, 3.63) is 64.9 Å². The van der Waals surface area contributed by atoms with Gasteiger partial charge >= 0.3 is 0 Å². The third-order valence-electron chi connectivity index (χ3n) is 5.73. The third kappa shape index (κ3) is 3.56. The predicted molar refractivity (Wildman–Crippen MR) is 103 cm³/mol. The lowest BCUT2D eigenvalue weighted by atomic mass is 10.0. The number of aromatic nitrogens is 1. The maximum absolute atomic E-state index is 12.8. The Morgan fingerprint density at radius 2 is 2.15 bits per heavy atom. The number of nitrogens with zero attached hydrogens (tertiary/aromatic N) is 3. The van der Waals surface area contributed by atoms with E-state index in [1.807, 2.05) is 30.1 Å². The quantitative estimate of drug-likeness (QED) is 0.814. The molecule has 2 aromatic rings. The van der Waals surface area contributed by atoms with Gasteiger partial charge in [-0.25, -0.2) is 0 Å². The van der Waals surface area contributed by atoms with Gasteiger partial charge in [0, 0.05) is 48.3 Å². The summed E-state index contributed by atoms with van der Waals surface area (Å²) in [6.07, 6.45) is 3.48. The number of carbonyl (C=O) groups is 2. The van der Waals surface area contributed by atoms with Gasteiger partial charge in [0.1, 0.15) is 0 Å². The van der Waals surface area contributed by atoms with E-state index in [-0.39, 0.29) is 23.1 Å². The van der Waals surface area contributed by atoms with Gasteiger partial charge in [-0.3, -0.25) is 14.6 Å². The highest BCUT2D eigenvalue weighted by Crippen LogP contribution is 2.59. The summed E-state index contributed by atoms with van der Waals surface area (Å²) in [6.45, 7) is 1.85. The van der Waals surface area contributed by atoms with Crippen LogP contribution in [0.5, 0.6) is 0 Å². The van der Waals surface area contributed by atoms with Gasteiger partial charge in [0.05, 0.1) is 12.2 Å². The van der Waals surface area contributed by atoms with Gasteiger partial charge in [0.15, 0.2) is 0 Å². The minimum Gasteiger partial charge on any atom is -0.340 e. The lowest BCUT2D eigenvalue weighted by Crippen LogP contribution is -2.32. The molecule has 1 aromatic carbocycles. The SMILES string of the molecule is CN(Cc1ccccn1)C(=O)[C@@H]1C[C@]12CCN(C(=O)c1cccc(Cl)c1)C2. The van der Waals surface area contributed by atoms with Crippen LogP contribution in [0.4, 0.5) is 0 Å². The Kier molecular flexibility index (Phi) is 4.64. The Morgan fingerprint density at radius 1 is 1.30 bits per heavy atom. The van der Waals surface area contributed by atoms with Crippen molar-refractivity contribution >= 4 is 23.4 Å². The van der Waals surface area contributed by atoms with E-state index in [1.165, 1.54) is 0 Å². The van der Waals surface area contributed by atoms with E-state index in [4.69, 9.17) is 11.6 Å². The first kappa shape index (κ1) is 18.0. The molecule has 2 heterocycles. The van der Waals surface area contributed by atoms with Crippen LogP contribution in [0.2, 0.25) is 5.02 Å². The Labute approximate surface area is 163 Å². The van der Waals surface area contributed by atoms with E-state index in [0.29, 0.717) is 30.2 Å². The summed E-state index contributed by atoms with van der Waals surface area (Å²) in [5.41, 5.74) is 1.44. The van der Waals surface area contributed by atoms with Gasteiger partial charge in [-0.1, -0.05) is 23.7 Å². The zero-order valence-corrected chi connectivity index (χ0v) is 16.0. The zero-order valence-electron chi connectivity index (χ0n) is 15.3. The third-order valence-corrected chi connectivity index (χ3v) is 5.97. The minimum atomic E-state index is -0.0519. The van der Waals surface area contributed by atoms with E-state index < -0.39 is 0 Å². The lowest BCUT2D eigenvalue weighted by Gasteiger charge is -2.19. The van der Waals surface area contributed by atoms with Crippen LogP contribution in [0.1, 0.15) is 28.9 Å². The molecule has 0 unspecified atom stereocenters. The fourth-order valence-electron chi connectivity index (χ4n) is 4.10. The van der Waals surface area contributed by atoms with Crippen LogP contribution in [0.3, 0.4) is 0 Å². The second-order valence-corrected chi connectivity index (χ2v) is 8.06. The number of likely N-dealkylation sites (tertiary alicyclic amines) is 1. The van der Waals surface area contributed by atoms with Crippen LogP contribution in [-0.4, -0.2) is 46.7 Å². The molecule has 1 aromatic heterocycles. The molecule has 1 aliphatic carbocycles. The van der Waals surface area contributed by atoms with E-state index in [1.54, 1.807) is 35.4 Å². The zero-order chi connectivity index (χ0) is 19.0. The number of benzene rings is 1. The Balaban J connectivity index is 1.38. The molecule has 0 bridgehead atoms. The summed E-state index contributed by atoms with van der Waals surface area (Å²) in [6, 6.07) is 12.8. The molecular formula is C21H22ClN3O2. The normalized spacial score (nSPS) is 23.5. The highest BCUT2D eigenvalue weighted by molar-refractivity contribution is 6.30. The van der Waals surface area contributed by atoms with Crippen LogP contribution < -0.4 is 0 Å². The number of hydrogen-bond acceptors (Lipinski definition) is 3. The molecule has 1 saturated carbocycles. The summed E-state index contributed by atoms with van der Waals surface area (Å²) in [4.78, 5) is 33.5. The molecule has 27 heavy (non-hydrogen) atoms. The van der Waals surface area contributed by atoms with Crippen molar-refractivity contribution in [2.24, 2.45) is 11.3 Å². The average molecular weight is 384 g/mol. The standard InChI is InChI=1S/C21H22ClN3O2/c1-24(13-17-7-2-3-9-23-17)20(27)18-12-21(18)8-10-25(14-21)19(26)15-5-4-6-16(22)11-15/h2-7,9,11,18H,8,10,12-14H2,1H3/t18-,21-/m0/s1. The molecule has 0 N–H and O–H groups in total. The molecule has 2 atom stereocenters. The van der Waals surface area contributed by atoms with Crippen LogP contribution in [0.25, 0.3) is 0 Å². The van der Waals surface area contributed by atoms with Crippen LogP contribution in [0.15, 0.2) is 48.7 Å². The van der Waals surface area contributed by atoms with Crippen molar-refractivity contribution in [1.82, 2.24) is 14.8 Å². The predicted octanol–water partition coefficient (Wildman–Crippen LogP) is 3.25. The molecule has 0 radical (unpaired) electrons.